The Morgan fingerprint density at radius 2 is 2.29 bits per heavy atom. The number of rotatable bonds is 6. The minimum absolute atomic E-state index is 0.465. The van der Waals surface area contributed by atoms with E-state index >= 15 is 0 Å². The van der Waals surface area contributed by atoms with Gasteiger partial charge in [-0.2, -0.15) is 0 Å². The molecule has 0 radical (unpaired) electrons. The largest absolute Gasteiger partial charge is 0.330 e. The smallest absolute Gasteiger partial charge is 0.0386 e. The average molecular weight is 212 g/mol. The first-order chi connectivity index (χ1) is 6.77. The summed E-state index contributed by atoms with van der Waals surface area (Å²) >= 11 is 1.91. The molecule has 1 rings (SSSR count). The lowest BCUT2D eigenvalue weighted by molar-refractivity contribution is 0.569. The van der Waals surface area contributed by atoms with Crippen LogP contribution in [-0.2, 0) is 6.42 Å². The van der Waals surface area contributed by atoms with Crippen LogP contribution in [0.2, 0.25) is 0 Å². The molecule has 1 aromatic heterocycles. The molecule has 80 valence electrons. The van der Waals surface area contributed by atoms with Crippen molar-refractivity contribution in [2.75, 3.05) is 13.1 Å². The highest BCUT2D eigenvalue weighted by molar-refractivity contribution is 7.12. The zero-order valence-corrected chi connectivity index (χ0v) is 9.86. The summed E-state index contributed by atoms with van der Waals surface area (Å²) in [4.78, 5) is 2.89. The predicted molar refractivity (Wildman–Crippen MR) is 63.8 cm³/mol. The lowest BCUT2D eigenvalue weighted by Crippen LogP contribution is -2.21. The summed E-state index contributed by atoms with van der Waals surface area (Å²) in [5, 5.41) is 3.47. The van der Waals surface area contributed by atoms with Crippen molar-refractivity contribution in [3.05, 3.63) is 21.9 Å². The van der Waals surface area contributed by atoms with E-state index in [9.17, 15) is 0 Å². The third kappa shape index (κ3) is 3.40. The van der Waals surface area contributed by atoms with Crippen LogP contribution in [-0.4, -0.2) is 13.1 Å². The van der Waals surface area contributed by atoms with Gasteiger partial charge < -0.3 is 11.1 Å². The van der Waals surface area contributed by atoms with E-state index in [0.29, 0.717) is 6.04 Å². The predicted octanol–water partition coefficient (Wildman–Crippen LogP) is 2.31. The van der Waals surface area contributed by atoms with Crippen LogP contribution in [0.1, 0.15) is 36.1 Å². The Hall–Kier alpha value is -0.380. The molecule has 0 aliphatic heterocycles. The lowest BCUT2D eigenvalue weighted by Gasteiger charge is -2.10. The maximum atomic E-state index is 5.44. The van der Waals surface area contributed by atoms with Crippen LogP contribution in [0.5, 0.6) is 0 Å². The second-order valence-corrected chi connectivity index (χ2v) is 4.68. The zero-order chi connectivity index (χ0) is 10.4. The van der Waals surface area contributed by atoms with E-state index in [-0.39, 0.29) is 0 Å². The van der Waals surface area contributed by atoms with Crippen molar-refractivity contribution in [3.63, 3.8) is 0 Å². The first-order valence-electron chi connectivity index (χ1n) is 5.30. The number of hydrogen-bond donors (Lipinski definition) is 2. The van der Waals surface area contributed by atoms with E-state index in [4.69, 9.17) is 5.73 Å². The van der Waals surface area contributed by atoms with Gasteiger partial charge in [-0.15, -0.1) is 11.3 Å². The molecule has 0 fully saturated rings. The van der Waals surface area contributed by atoms with Crippen LogP contribution in [0.15, 0.2) is 12.1 Å². The van der Waals surface area contributed by atoms with E-state index in [1.807, 2.05) is 11.3 Å². The minimum atomic E-state index is 0.465. The molecule has 1 heterocycles. The Labute approximate surface area is 90.5 Å². The minimum Gasteiger partial charge on any atom is -0.330 e. The summed E-state index contributed by atoms with van der Waals surface area (Å²) in [5.74, 6) is 0. The van der Waals surface area contributed by atoms with Gasteiger partial charge in [0.15, 0.2) is 0 Å². The molecular weight excluding hydrogens is 192 g/mol. The van der Waals surface area contributed by atoms with Gasteiger partial charge in [-0.25, -0.2) is 0 Å². The molecule has 1 atom stereocenters. The maximum Gasteiger partial charge on any atom is 0.0386 e. The summed E-state index contributed by atoms with van der Waals surface area (Å²) in [5.41, 5.74) is 5.44. The zero-order valence-electron chi connectivity index (χ0n) is 9.05. The molecule has 2 nitrogen and oxygen atoms in total. The molecule has 0 aromatic carbocycles. The van der Waals surface area contributed by atoms with Crippen molar-refractivity contribution >= 4 is 11.3 Å². The maximum absolute atomic E-state index is 5.44. The van der Waals surface area contributed by atoms with Gasteiger partial charge in [0.1, 0.15) is 0 Å². The third-order valence-electron chi connectivity index (χ3n) is 2.29. The molecule has 1 unspecified atom stereocenters. The molecule has 1 aromatic rings. The van der Waals surface area contributed by atoms with E-state index in [2.05, 4.69) is 31.3 Å². The monoisotopic (exact) mass is 212 g/mol. The molecule has 0 aliphatic carbocycles. The molecule has 0 spiro atoms. The number of nitrogens with one attached hydrogen (secondary N) is 1. The van der Waals surface area contributed by atoms with Gasteiger partial charge in [0.25, 0.3) is 0 Å². The number of aryl methyl sites for hydroxylation is 1. The summed E-state index contributed by atoms with van der Waals surface area (Å²) in [6.45, 7) is 6.19. The standard InChI is InChI=1S/C11H20N2S/c1-3-10-5-6-11(14-10)9(2)13-8-4-7-12/h5-6,9,13H,3-4,7-8,12H2,1-2H3. The van der Waals surface area contributed by atoms with Crippen molar-refractivity contribution < 1.29 is 0 Å². The van der Waals surface area contributed by atoms with Crippen LogP contribution in [0.25, 0.3) is 0 Å². The van der Waals surface area contributed by atoms with Crippen molar-refractivity contribution in [2.24, 2.45) is 5.73 Å². The van der Waals surface area contributed by atoms with E-state index < -0.39 is 0 Å². The van der Waals surface area contributed by atoms with Crippen molar-refractivity contribution in [1.82, 2.24) is 5.32 Å². The summed E-state index contributed by atoms with van der Waals surface area (Å²) in [7, 11) is 0. The second-order valence-electron chi connectivity index (χ2n) is 3.48. The molecule has 0 amide bonds. The van der Waals surface area contributed by atoms with Crippen molar-refractivity contribution in [2.45, 2.75) is 32.7 Å². The summed E-state index contributed by atoms with van der Waals surface area (Å²) < 4.78 is 0. The highest BCUT2D eigenvalue weighted by atomic mass is 32.1. The summed E-state index contributed by atoms with van der Waals surface area (Å²) in [6.07, 6.45) is 2.19. The molecule has 0 saturated carbocycles. The quantitative estimate of drug-likeness (QED) is 0.710. The SMILES string of the molecule is CCc1ccc(C(C)NCCCN)s1. The molecular formula is C11H20N2S. The fraction of sp³-hybridized carbons (Fsp3) is 0.636. The van der Waals surface area contributed by atoms with Crippen LogP contribution >= 0.6 is 11.3 Å². The highest BCUT2D eigenvalue weighted by Crippen LogP contribution is 2.23. The topological polar surface area (TPSA) is 38.0 Å². The Balaban J connectivity index is 2.39. The van der Waals surface area contributed by atoms with Gasteiger partial charge in [-0.3, -0.25) is 0 Å². The number of thiophene rings is 1. The third-order valence-corrected chi connectivity index (χ3v) is 3.70. The van der Waals surface area contributed by atoms with Gasteiger partial charge in [0.2, 0.25) is 0 Å². The first-order valence-corrected chi connectivity index (χ1v) is 6.11. The Kier molecular flexibility index (Phi) is 5.15. The van der Waals surface area contributed by atoms with E-state index in [1.54, 1.807) is 0 Å². The number of hydrogen-bond acceptors (Lipinski definition) is 3. The van der Waals surface area contributed by atoms with E-state index in [1.165, 1.54) is 9.75 Å². The molecule has 0 bridgehead atoms. The molecule has 0 aliphatic rings. The van der Waals surface area contributed by atoms with E-state index in [0.717, 1.165) is 25.9 Å². The lowest BCUT2D eigenvalue weighted by atomic mass is 10.2. The molecule has 3 heteroatoms. The van der Waals surface area contributed by atoms with Gasteiger partial charge in [-0.1, -0.05) is 6.92 Å². The van der Waals surface area contributed by atoms with Crippen LogP contribution < -0.4 is 11.1 Å². The van der Waals surface area contributed by atoms with Crippen LogP contribution in [0.3, 0.4) is 0 Å². The Morgan fingerprint density at radius 3 is 2.86 bits per heavy atom. The van der Waals surface area contributed by atoms with Crippen LogP contribution in [0.4, 0.5) is 0 Å². The van der Waals surface area contributed by atoms with Gasteiger partial charge in [0.05, 0.1) is 0 Å². The van der Waals surface area contributed by atoms with Crippen molar-refractivity contribution in [3.8, 4) is 0 Å². The first kappa shape index (κ1) is 11.7. The highest BCUT2D eigenvalue weighted by Gasteiger charge is 2.06. The summed E-state index contributed by atoms with van der Waals surface area (Å²) in [6, 6.07) is 4.91. The normalized spacial score (nSPS) is 13.1. The Morgan fingerprint density at radius 1 is 1.50 bits per heavy atom. The second kappa shape index (κ2) is 6.17. The fourth-order valence-electron chi connectivity index (χ4n) is 1.34. The van der Waals surface area contributed by atoms with Crippen LogP contribution in [0, 0.1) is 0 Å². The Bertz CT molecular complexity index is 258. The molecule has 0 saturated heterocycles. The van der Waals surface area contributed by atoms with Gasteiger partial charge in [0, 0.05) is 15.8 Å². The number of nitrogens with two attached hydrogens (primary N) is 1. The van der Waals surface area contributed by atoms with Gasteiger partial charge >= 0.3 is 0 Å². The molecule has 14 heavy (non-hydrogen) atoms. The van der Waals surface area contributed by atoms with Gasteiger partial charge in [-0.05, 0) is 45.0 Å². The fourth-order valence-corrected chi connectivity index (χ4v) is 2.32. The molecule has 3 N–H and O–H groups in total. The average Bonchev–Trinajstić information content (AvgIpc) is 2.66. The van der Waals surface area contributed by atoms with Crippen molar-refractivity contribution in [1.29, 1.82) is 0 Å².